The molecule has 0 radical (unpaired) electrons. The number of anilines is 1. The van der Waals surface area contributed by atoms with Crippen LogP contribution in [0.25, 0.3) is 5.69 Å². The van der Waals surface area contributed by atoms with Crippen molar-refractivity contribution in [3.05, 3.63) is 42.1 Å². The van der Waals surface area contributed by atoms with Crippen LogP contribution >= 0.6 is 0 Å². The standard InChI is InChI=1S/C15H17N5/c1-18-8-10-19(11-9-18)15-6-7-20(17-15)14-5-3-2-4-13(14)12-16/h2-7H,8-11H2,1H3. The fourth-order valence-corrected chi connectivity index (χ4v) is 2.42. The summed E-state index contributed by atoms with van der Waals surface area (Å²) in [5, 5.41) is 13.8. The molecule has 2 heterocycles. The van der Waals surface area contributed by atoms with Crippen molar-refractivity contribution >= 4 is 5.82 Å². The molecule has 1 aromatic heterocycles. The van der Waals surface area contributed by atoms with Crippen molar-refractivity contribution in [2.45, 2.75) is 0 Å². The number of benzene rings is 1. The maximum Gasteiger partial charge on any atom is 0.151 e. The van der Waals surface area contributed by atoms with Gasteiger partial charge in [-0.2, -0.15) is 10.4 Å². The van der Waals surface area contributed by atoms with Crippen molar-refractivity contribution in [1.82, 2.24) is 14.7 Å². The van der Waals surface area contributed by atoms with Crippen LogP contribution in [0.15, 0.2) is 36.5 Å². The Hall–Kier alpha value is -2.32. The molecule has 20 heavy (non-hydrogen) atoms. The molecule has 5 heteroatoms. The number of piperazine rings is 1. The molecule has 0 atom stereocenters. The van der Waals surface area contributed by atoms with E-state index in [0.717, 1.165) is 37.7 Å². The quantitative estimate of drug-likeness (QED) is 0.827. The lowest BCUT2D eigenvalue weighted by Crippen LogP contribution is -2.44. The van der Waals surface area contributed by atoms with E-state index < -0.39 is 0 Å². The summed E-state index contributed by atoms with van der Waals surface area (Å²) in [7, 11) is 2.14. The number of nitrogens with zero attached hydrogens (tertiary/aromatic N) is 5. The molecule has 0 amide bonds. The van der Waals surface area contributed by atoms with Crippen LogP contribution in [-0.4, -0.2) is 47.9 Å². The van der Waals surface area contributed by atoms with Crippen LogP contribution in [0.4, 0.5) is 5.82 Å². The summed E-state index contributed by atoms with van der Waals surface area (Å²) in [6, 6.07) is 11.7. The van der Waals surface area contributed by atoms with E-state index in [1.165, 1.54) is 0 Å². The third-order valence-electron chi connectivity index (χ3n) is 3.67. The molecule has 102 valence electrons. The third kappa shape index (κ3) is 2.38. The average molecular weight is 267 g/mol. The third-order valence-corrected chi connectivity index (χ3v) is 3.67. The van der Waals surface area contributed by atoms with Gasteiger partial charge >= 0.3 is 0 Å². The first kappa shape index (κ1) is 12.7. The fraction of sp³-hybridized carbons (Fsp3) is 0.333. The highest BCUT2D eigenvalue weighted by Gasteiger charge is 2.16. The lowest BCUT2D eigenvalue weighted by molar-refractivity contribution is 0.312. The molecule has 0 unspecified atom stereocenters. The molecule has 3 rings (SSSR count). The maximum absolute atomic E-state index is 9.16. The van der Waals surface area contributed by atoms with Crippen LogP contribution < -0.4 is 4.90 Å². The number of hydrogen-bond acceptors (Lipinski definition) is 4. The van der Waals surface area contributed by atoms with E-state index in [9.17, 15) is 0 Å². The van der Waals surface area contributed by atoms with E-state index in [1.54, 1.807) is 4.68 Å². The van der Waals surface area contributed by atoms with Crippen LogP contribution in [-0.2, 0) is 0 Å². The number of aromatic nitrogens is 2. The monoisotopic (exact) mass is 267 g/mol. The Morgan fingerprint density at radius 1 is 1.10 bits per heavy atom. The average Bonchev–Trinajstić information content (AvgIpc) is 2.97. The number of para-hydroxylation sites is 1. The highest BCUT2D eigenvalue weighted by Crippen LogP contribution is 2.18. The van der Waals surface area contributed by atoms with Crippen molar-refractivity contribution in [1.29, 1.82) is 5.26 Å². The zero-order chi connectivity index (χ0) is 13.9. The molecule has 1 aliphatic rings. The van der Waals surface area contributed by atoms with Gasteiger partial charge in [0.2, 0.25) is 0 Å². The van der Waals surface area contributed by atoms with Gasteiger partial charge in [0, 0.05) is 38.4 Å². The van der Waals surface area contributed by atoms with E-state index in [-0.39, 0.29) is 0 Å². The first-order valence-corrected chi connectivity index (χ1v) is 6.76. The van der Waals surface area contributed by atoms with Crippen LogP contribution in [0.2, 0.25) is 0 Å². The normalized spacial score (nSPS) is 16.1. The second-order valence-corrected chi connectivity index (χ2v) is 5.04. The smallest absolute Gasteiger partial charge is 0.151 e. The van der Waals surface area contributed by atoms with Crippen molar-refractivity contribution in [3.8, 4) is 11.8 Å². The van der Waals surface area contributed by atoms with E-state index >= 15 is 0 Å². The Labute approximate surface area is 118 Å². The fourth-order valence-electron chi connectivity index (χ4n) is 2.42. The van der Waals surface area contributed by atoms with Gasteiger partial charge in [-0.05, 0) is 19.2 Å². The lowest BCUT2D eigenvalue weighted by Gasteiger charge is -2.32. The molecule has 0 bridgehead atoms. The molecule has 1 aliphatic heterocycles. The Morgan fingerprint density at radius 2 is 1.85 bits per heavy atom. The van der Waals surface area contributed by atoms with Gasteiger partial charge in [-0.15, -0.1) is 0 Å². The second kappa shape index (κ2) is 5.35. The predicted octanol–water partition coefficient (Wildman–Crippen LogP) is 1.50. The summed E-state index contributed by atoms with van der Waals surface area (Å²) in [6.45, 7) is 4.10. The zero-order valence-corrected chi connectivity index (χ0v) is 11.5. The Morgan fingerprint density at radius 3 is 2.60 bits per heavy atom. The first-order valence-electron chi connectivity index (χ1n) is 6.76. The number of hydrogen-bond donors (Lipinski definition) is 0. The molecule has 1 saturated heterocycles. The Kier molecular flexibility index (Phi) is 3.40. The van der Waals surface area contributed by atoms with E-state index in [0.29, 0.717) is 5.56 Å². The molecule has 0 spiro atoms. The maximum atomic E-state index is 9.16. The summed E-state index contributed by atoms with van der Waals surface area (Å²) in [6.07, 6.45) is 1.92. The molecule has 0 N–H and O–H groups in total. The zero-order valence-electron chi connectivity index (χ0n) is 11.5. The number of nitriles is 1. The SMILES string of the molecule is CN1CCN(c2ccn(-c3ccccc3C#N)n2)CC1. The van der Waals surface area contributed by atoms with Crippen molar-refractivity contribution in [2.75, 3.05) is 38.1 Å². The van der Waals surface area contributed by atoms with Crippen LogP contribution in [0.5, 0.6) is 0 Å². The molecule has 1 aromatic carbocycles. The molecule has 1 fully saturated rings. The molecule has 0 aliphatic carbocycles. The van der Waals surface area contributed by atoms with Crippen molar-refractivity contribution < 1.29 is 0 Å². The van der Waals surface area contributed by atoms with Gasteiger partial charge in [0.15, 0.2) is 5.82 Å². The first-order chi connectivity index (χ1) is 9.78. The summed E-state index contributed by atoms with van der Waals surface area (Å²) in [4.78, 5) is 4.60. The van der Waals surface area contributed by atoms with Gasteiger partial charge < -0.3 is 9.80 Å². The van der Waals surface area contributed by atoms with E-state index in [2.05, 4.69) is 28.0 Å². The minimum absolute atomic E-state index is 0.639. The number of rotatable bonds is 2. The van der Waals surface area contributed by atoms with Gasteiger partial charge in [-0.1, -0.05) is 12.1 Å². The predicted molar refractivity (Wildman–Crippen MR) is 78.0 cm³/mol. The highest BCUT2D eigenvalue weighted by molar-refractivity contribution is 5.49. The molecular weight excluding hydrogens is 250 g/mol. The van der Waals surface area contributed by atoms with Gasteiger partial charge in [0.25, 0.3) is 0 Å². The van der Waals surface area contributed by atoms with Gasteiger partial charge in [0.05, 0.1) is 11.3 Å². The molecular formula is C15H17N5. The summed E-state index contributed by atoms with van der Waals surface area (Å²) >= 11 is 0. The summed E-state index contributed by atoms with van der Waals surface area (Å²) in [5.74, 6) is 0.978. The Balaban J connectivity index is 1.85. The van der Waals surface area contributed by atoms with Crippen LogP contribution in [0, 0.1) is 11.3 Å². The summed E-state index contributed by atoms with van der Waals surface area (Å²) < 4.78 is 1.78. The minimum atomic E-state index is 0.639. The molecule has 5 nitrogen and oxygen atoms in total. The molecule has 2 aromatic rings. The largest absolute Gasteiger partial charge is 0.353 e. The van der Waals surface area contributed by atoms with Crippen LogP contribution in [0.3, 0.4) is 0 Å². The van der Waals surface area contributed by atoms with Crippen molar-refractivity contribution in [2.24, 2.45) is 0 Å². The van der Waals surface area contributed by atoms with Gasteiger partial charge in [-0.25, -0.2) is 4.68 Å². The highest BCUT2D eigenvalue weighted by atomic mass is 15.4. The second-order valence-electron chi connectivity index (χ2n) is 5.04. The summed E-state index contributed by atoms with van der Waals surface area (Å²) in [5.41, 5.74) is 1.47. The molecule has 0 saturated carbocycles. The number of likely N-dealkylation sites (N-methyl/N-ethyl adjacent to an activating group) is 1. The van der Waals surface area contributed by atoms with E-state index in [1.807, 2.05) is 36.5 Å². The van der Waals surface area contributed by atoms with Crippen molar-refractivity contribution in [3.63, 3.8) is 0 Å². The van der Waals surface area contributed by atoms with Gasteiger partial charge in [0.1, 0.15) is 6.07 Å². The van der Waals surface area contributed by atoms with Gasteiger partial charge in [-0.3, -0.25) is 0 Å². The topological polar surface area (TPSA) is 48.1 Å². The Bertz CT molecular complexity index is 632. The minimum Gasteiger partial charge on any atom is -0.353 e. The van der Waals surface area contributed by atoms with Crippen LogP contribution in [0.1, 0.15) is 5.56 Å². The lowest BCUT2D eigenvalue weighted by atomic mass is 10.2. The van der Waals surface area contributed by atoms with E-state index in [4.69, 9.17) is 5.26 Å².